The van der Waals surface area contributed by atoms with Gasteiger partial charge in [-0.05, 0) is 38.2 Å². The lowest BCUT2D eigenvalue weighted by Crippen LogP contribution is -2.44. The number of nitro benzene ring substituents is 1. The van der Waals surface area contributed by atoms with Gasteiger partial charge in [0.15, 0.2) is 0 Å². The number of para-hydroxylation sites is 2. The van der Waals surface area contributed by atoms with E-state index in [1.54, 1.807) is 18.2 Å². The summed E-state index contributed by atoms with van der Waals surface area (Å²) < 4.78 is 0. The Morgan fingerprint density at radius 1 is 1.00 bits per heavy atom. The molecule has 0 bridgehead atoms. The zero-order valence-electron chi connectivity index (χ0n) is 17.6. The van der Waals surface area contributed by atoms with Gasteiger partial charge in [0.2, 0.25) is 11.8 Å². The van der Waals surface area contributed by atoms with E-state index in [9.17, 15) is 19.7 Å². The van der Waals surface area contributed by atoms with Crippen molar-refractivity contribution < 1.29 is 14.5 Å². The fourth-order valence-corrected chi connectivity index (χ4v) is 4.33. The van der Waals surface area contributed by atoms with E-state index >= 15 is 0 Å². The molecule has 0 atom stereocenters. The van der Waals surface area contributed by atoms with Crippen LogP contribution in [0.5, 0.6) is 0 Å². The third-order valence-corrected chi connectivity index (χ3v) is 6.10. The predicted octanol–water partition coefficient (Wildman–Crippen LogP) is 3.43. The number of nitro groups is 1. The van der Waals surface area contributed by atoms with Crippen LogP contribution in [0.4, 0.5) is 11.4 Å². The second kappa shape index (κ2) is 10.9. The SMILES string of the molecule is O=C(CCCNc1ccccc1[N+](=O)[O-])N1CCC(C(=O)N2CCCCCC2)CC1. The van der Waals surface area contributed by atoms with Crippen molar-refractivity contribution in [3.63, 3.8) is 0 Å². The van der Waals surface area contributed by atoms with Crippen LogP contribution in [0.25, 0.3) is 0 Å². The summed E-state index contributed by atoms with van der Waals surface area (Å²) in [6, 6.07) is 6.52. The van der Waals surface area contributed by atoms with Crippen LogP contribution in [0.3, 0.4) is 0 Å². The molecule has 2 heterocycles. The van der Waals surface area contributed by atoms with Crippen molar-refractivity contribution in [3.8, 4) is 0 Å². The van der Waals surface area contributed by atoms with Gasteiger partial charge in [-0.1, -0.05) is 25.0 Å². The molecule has 0 aromatic heterocycles. The van der Waals surface area contributed by atoms with Crippen LogP contribution in [-0.4, -0.2) is 59.3 Å². The monoisotopic (exact) mass is 416 g/mol. The molecule has 3 rings (SSSR count). The number of piperidine rings is 1. The van der Waals surface area contributed by atoms with Crippen molar-refractivity contribution in [1.29, 1.82) is 0 Å². The highest BCUT2D eigenvalue weighted by molar-refractivity contribution is 5.80. The van der Waals surface area contributed by atoms with Crippen molar-refractivity contribution in [1.82, 2.24) is 9.80 Å². The Balaban J connectivity index is 1.37. The largest absolute Gasteiger partial charge is 0.379 e. The number of benzene rings is 1. The van der Waals surface area contributed by atoms with Gasteiger partial charge in [0.05, 0.1) is 4.92 Å². The minimum Gasteiger partial charge on any atom is -0.379 e. The van der Waals surface area contributed by atoms with Gasteiger partial charge in [0.25, 0.3) is 5.69 Å². The molecule has 1 aromatic rings. The van der Waals surface area contributed by atoms with Gasteiger partial charge in [-0.2, -0.15) is 0 Å². The van der Waals surface area contributed by atoms with Crippen molar-refractivity contribution >= 4 is 23.2 Å². The molecule has 1 N–H and O–H groups in total. The molecule has 2 saturated heterocycles. The topological polar surface area (TPSA) is 95.8 Å². The van der Waals surface area contributed by atoms with Gasteiger partial charge in [0.1, 0.15) is 5.69 Å². The van der Waals surface area contributed by atoms with Crippen LogP contribution >= 0.6 is 0 Å². The van der Waals surface area contributed by atoms with E-state index in [2.05, 4.69) is 5.32 Å². The average molecular weight is 417 g/mol. The summed E-state index contributed by atoms with van der Waals surface area (Å²) in [5.74, 6) is 0.421. The molecular formula is C22H32N4O4. The van der Waals surface area contributed by atoms with E-state index in [4.69, 9.17) is 0 Å². The summed E-state index contributed by atoms with van der Waals surface area (Å²) in [5.41, 5.74) is 0.516. The molecule has 0 saturated carbocycles. The maximum absolute atomic E-state index is 12.8. The summed E-state index contributed by atoms with van der Waals surface area (Å²) in [5, 5.41) is 14.1. The Labute approximate surface area is 177 Å². The Kier molecular flexibility index (Phi) is 8.04. The van der Waals surface area contributed by atoms with E-state index in [0.29, 0.717) is 38.2 Å². The lowest BCUT2D eigenvalue weighted by atomic mass is 9.95. The number of amides is 2. The molecule has 2 aliphatic rings. The smallest absolute Gasteiger partial charge is 0.292 e. The molecule has 0 aliphatic carbocycles. The first-order valence-electron chi connectivity index (χ1n) is 11.1. The van der Waals surface area contributed by atoms with E-state index in [1.165, 1.54) is 18.9 Å². The molecule has 0 radical (unpaired) electrons. The molecular weight excluding hydrogens is 384 g/mol. The number of carbonyl (C=O) groups excluding carboxylic acids is 2. The zero-order valence-corrected chi connectivity index (χ0v) is 17.6. The molecule has 1 aromatic carbocycles. The van der Waals surface area contributed by atoms with Crippen LogP contribution in [0.15, 0.2) is 24.3 Å². The van der Waals surface area contributed by atoms with E-state index in [1.807, 2.05) is 9.80 Å². The average Bonchev–Trinajstić information content (AvgIpc) is 3.06. The van der Waals surface area contributed by atoms with Crippen LogP contribution in [0, 0.1) is 16.0 Å². The Hall–Kier alpha value is -2.64. The third-order valence-electron chi connectivity index (χ3n) is 6.10. The molecule has 2 amide bonds. The van der Waals surface area contributed by atoms with Crippen molar-refractivity contribution in [3.05, 3.63) is 34.4 Å². The number of carbonyl (C=O) groups is 2. The number of likely N-dealkylation sites (tertiary alicyclic amines) is 2. The molecule has 8 nitrogen and oxygen atoms in total. The van der Waals surface area contributed by atoms with Crippen molar-refractivity contribution in [2.24, 2.45) is 5.92 Å². The van der Waals surface area contributed by atoms with Crippen LogP contribution < -0.4 is 5.32 Å². The Bertz CT molecular complexity index is 738. The van der Waals surface area contributed by atoms with Gasteiger partial charge in [-0.3, -0.25) is 19.7 Å². The third kappa shape index (κ3) is 5.93. The van der Waals surface area contributed by atoms with Crippen molar-refractivity contribution in [2.75, 3.05) is 38.0 Å². The van der Waals surface area contributed by atoms with Gasteiger partial charge < -0.3 is 15.1 Å². The maximum Gasteiger partial charge on any atom is 0.292 e. The summed E-state index contributed by atoms with van der Waals surface area (Å²) in [7, 11) is 0. The summed E-state index contributed by atoms with van der Waals surface area (Å²) in [4.78, 5) is 39.8. The van der Waals surface area contributed by atoms with Crippen LogP contribution in [0.2, 0.25) is 0 Å². The molecule has 8 heteroatoms. The lowest BCUT2D eigenvalue weighted by molar-refractivity contribution is -0.384. The summed E-state index contributed by atoms with van der Waals surface area (Å²) in [6.07, 6.45) is 7.12. The molecule has 2 fully saturated rings. The number of nitrogens with zero attached hydrogens (tertiary/aromatic N) is 3. The normalized spacial score (nSPS) is 18.0. The number of hydrogen-bond acceptors (Lipinski definition) is 5. The first kappa shape index (κ1) is 22.1. The highest BCUT2D eigenvalue weighted by Crippen LogP contribution is 2.24. The van der Waals surface area contributed by atoms with E-state index in [-0.39, 0.29) is 23.4 Å². The van der Waals surface area contributed by atoms with Gasteiger partial charge >= 0.3 is 0 Å². The summed E-state index contributed by atoms with van der Waals surface area (Å²) >= 11 is 0. The molecule has 2 aliphatic heterocycles. The molecule has 0 spiro atoms. The van der Waals surface area contributed by atoms with Crippen LogP contribution in [0.1, 0.15) is 51.4 Å². The molecule has 0 unspecified atom stereocenters. The first-order chi connectivity index (χ1) is 14.6. The lowest BCUT2D eigenvalue weighted by Gasteiger charge is -2.34. The van der Waals surface area contributed by atoms with E-state index < -0.39 is 4.92 Å². The van der Waals surface area contributed by atoms with Gasteiger partial charge in [0, 0.05) is 51.1 Å². The van der Waals surface area contributed by atoms with Gasteiger partial charge in [-0.15, -0.1) is 0 Å². The number of nitrogens with one attached hydrogen (secondary N) is 1. The molecule has 30 heavy (non-hydrogen) atoms. The summed E-state index contributed by atoms with van der Waals surface area (Å²) in [6.45, 7) is 3.54. The minimum atomic E-state index is -0.412. The Morgan fingerprint density at radius 3 is 2.33 bits per heavy atom. The molecule has 164 valence electrons. The number of anilines is 1. The standard InChI is InChI=1S/C22H32N4O4/c27-21(10-7-13-23-19-8-3-4-9-20(19)26(29)30)24-16-11-18(12-17-24)22(28)25-14-5-1-2-6-15-25/h3-4,8-9,18,23H,1-2,5-7,10-17H2. The van der Waals surface area contributed by atoms with Crippen LogP contribution in [-0.2, 0) is 9.59 Å². The van der Waals surface area contributed by atoms with Crippen molar-refractivity contribution in [2.45, 2.75) is 51.4 Å². The first-order valence-corrected chi connectivity index (χ1v) is 11.1. The highest BCUT2D eigenvalue weighted by Gasteiger charge is 2.30. The Morgan fingerprint density at radius 2 is 1.67 bits per heavy atom. The second-order valence-corrected chi connectivity index (χ2v) is 8.20. The quantitative estimate of drug-likeness (QED) is 0.417. The minimum absolute atomic E-state index is 0.0416. The fourth-order valence-electron chi connectivity index (χ4n) is 4.33. The van der Waals surface area contributed by atoms with Gasteiger partial charge in [-0.25, -0.2) is 0 Å². The zero-order chi connectivity index (χ0) is 21.3. The second-order valence-electron chi connectivity index (χ2n) is 8.20. The fraction of sp³-hybridized carbons (Fsp3) is 0.636. The maximum atomic E-state index is 12.8. The number of hydrogen-bond donors (Lipinski definition) is 1. The predicted molar refractivity (Wildman–Crippen MR) is 115 cm³/mol. The highest BCUT2D eigenvalue weighted by atomic mass is 16.6. The van der Waals surface area contributed by atoms with E-state index in [0.717, 1.165) is 38.8 Å². The number of rotatable bonds is 7.